The van der Waals surface area contributed by atoms with E-state index in [2.05, 4.69) is 15.5 Å². The number of hydrogen-bond acceptors (Lipinski definition) is 3. The molecule has 0 aliphatic heterocycles. The molecule has 0 bridgehead atoms. The van der Waals surface area contributed by atoms with Gasteiger partial charge in [-0.1, -0.05) is 0 Å². The molecule has 0 spiro atoms. The minimum absolute atomic E-state index is 0.0579. The van der Waals surface area contributed by atoms with Crippen molar-refractivity contribution >= 4 is 11.8 Å². The van der Waals surface area contributed by atoms with Gasteiger partial charge < -0.3 is 10.2 Å². The molecule has 0 radical (unpaired) electrons. The van der Waals surface area contributed by atoms with Crippen LogP contribution < -0.4 is 5.32 Å². The van der Waals surface area contributed by atoms with Crippen LogP contribution in [0.3, 0.4) is 0 Å². The number of H-pyrrole nitrogens is 1. The van der Waals surface area contributed by atoms with Crippen LogP contribution in [0.15, 0.2) is 12.4 Å². The van der Waals surface area contributed by atoms with Crippen LogP contribution in [0.2, 0.25) is 0 Å². The zero-order chi connectivity index (χ0) is 12.7. The zero-order valence-corrected chi connectivity index (χ0v) is 10.2. The number of aromatic nitrogens is 2. The van der Waals surface area contributed by atoms with Crippen molar-refractivity contribution in [1.29, 1.82) is 0 Å². The molecule has 0 saturated heterocycles. The molecule has 1 heterocycles. The van der Waals surface area contributed by atoms with Crippen LogP contribution in [0, 0.1) is 0 Å². The summed E-state index contributed by atoms with van der Waals surface area (Å²) in [6.45, 7) is 5.62. The summed E-state index contributed by atoms with van der Waals surface area (Å²) in [7, 11) is 0. The van der Waals surface area contributed by atoms with Crippen molar-refractivity contribution in [3.05, 3.63) is 18.0 Å². The lowest BCUT2D eigenvalue weighted by molar-refractivity contribution is -0.130. The van der Waals surface area contributed by atoms with Crippen LogP contribution in [-0.4, -0.2) is 46.5 Å². The quantitative estimate of drug-likeness (QED) is 0.753. The summed E-state index contributed by atoms with van der Waals surface area (Å²) < 4.78 is 0. The van der Waals surface area contributed by atoms with E-state index in [-0.39, 0.29) is 11.8 Å². The lowest BCUT2D eigenvalue weighted by Gasteiger charge is -2.18. The lowest BCUT2D eigenvalue weighted by atomic mass is 10.3. The third kappa shape index (κ3) is 3.90. The lowest BCUT2D eigenvalue weighted by Crippen LogP contribution is -2.34. The van der Waals surface area contributed by atoms with Crippen molar-refractivity contribution in [2.24, 2.45) is 0 Å². The number of rotatable bonds is 6. The second-order valence-electron chi connectivity index (χ2n) is 3.56. The highest BCUT2D eigenvalue weighted by atomic mass is 16.2. The Labute approximate surface area is 100 Å². The van der Waals surface area contributed by atoms with Gasteiger partial charge in [-0.25, -0.2) is 0 Å². The maximum atomic E-state index is 11.6. The highest BCUT2D eigenvalue weighted by molar-refractivity contribution is 5.93. The number of nitrogens with zero attached hydrogens (tertiary/aromatic N) is 2. The summed E-state index contributed by atoms with van der Waals surface area (Å²) in [5, 5.41) is 8.91. The third-order valence-electron chi connectivity index (χ3n) is 2.50. The Hall–Kier alpha value is -1.85. The van der Waals surface area contributed by atoms with Crippen LogP contribution in [0.5, 0.6) is 0 Å². The monoisotopic (exact) mass is 238 g/mol. The van der Waals surface area contributed by atoms with E-state index < -0.39 is 0 Å². The van der Waals surface area contributed by atoms with Crippen LogP contribution in [0.1, 0.15) is 30.6 Å². The minimum Gasteiger partial charge on any atom is -0.351 e. The van der Waals surface area contributed by atoms with Crippen molar-refractivity contribution in [2.45, 2.75) is 20.3 Å². The number of aromatic amines is 1. The fraction of sp³-hybridized carbons (Fsp3) is 0.545. The number of amides is 2. The molecule has 1 rings (SSSR count). The molecule has 2 amide bonds. The highest BCUT2D eigenvalue weighted by Crippen LogP contribution is 1.95. The van der Waals surface area contributed by atoms with Gasteiger partial charge in [-0.15, -0.1) is 0 Å². The predicted molar refractivity (Wildman–Crippen MR) is 63.5 cm³/mol. The van der Waals surface area contributed by atoms with E-state index in [0.29, 0.717) is 31.6 Å². The molecule has 0 aromatic carbocycles. The molecule has 0 atom stereocenters. The molecule has 0 fully saturated rings. The fourth-order valence-electron chi connectivity index (χ4n) is 1.49. The molecule has 1 aromatic heterocycles. The normalized spacial score (nSPS) is 10.0. The van der Waals surface area contributed by atoms with Gasteiger partial charge >= 0.3 is 0 Å². The zero-order valence-electron chi connectivity index (χ0n) is 10.2. The summed E-state index contributed by atoms with van der Waals surface area (Å²) in [5.41, 5.74) is 0.472. The smallest absolute Gasteiger partial charge is 0.254 e. The van der Waals surface area contributed by atoms with E-state index in [1.54, 1.807) is 4.90 Å². The Morgan fingerprint density at radius 3 is 2.65 bits per heavy atom. The van der Waals surface area contributed by atoms with E-state index >= 15 is 0 Å². The van der Waals surface area contributed by atoms with E-state index in [0.717, 1.165) is 0 Å². The third-order valence-corrected chi connectivity index (χ3v) is 2.50. The van der Waals surface area contributed by atoms with Crippen molar-refractivity contribution in [3.8, 4) is 0 Å². The SMILES string of the molecule is CCN(CC)C(=O)CCNC(=O)c1cn[nH]c1. The number of hydrogen-bond donors (Lipinski definition) is 2. The number of nitrogens with one attached hydrogen (secondary N) is 2. The van der Waals surface area contributed by atoms with Crippen LogP contribution in [0.4, 0.5) is 0 Å². The van der Waals surface area contributed by atoms with Gasteiger partial charge in [-0.3, -0.25) is 14.7 Å². The molecule has 1 aromatic rings. The Bertz CT molecular complexity index is 358. The minimum atomic E-state index is -0.217. The van der Waals surface area contributed by atoms with Crippen LogP contribution in [-0.2, 0) is 4.79 Å². The van der Waals surface area contributed by atoms with Gasteiger partial charge in [0.05, 0.1) is 11.8 Å². The maximum Gasteiger partial charge on any atom is 0.254 e. The van der Waals surface area contributed by atoms with Gasteiger partial charge in [0.25, 0.3) is 5.91 Å². The summed E-state index contributed by atoms with van der Waals surface area (Å²) in [6.07, 6.45) is 3.29. The van der Waals surface area contributed by atoms with Crippen molar-refractivity contribution < 1.29 is 9.59 Å². The first-order valence-corrected chi connectivity index (χ1v) is 5.73. The molecular weight excluding hydrogens is 220 g/mol. The van der Waals surface area contributed by atoms with E-state index in [1.165, 1.54) is 12.4 Å². The molecule has 0 saturated carbocycles. The standard InChI is InChI=1S/C11H18N4O2/c1-3-15(4-2)10(16)5-6-12-11(17)9-7-13-14-8-9/h7-8H,3-6H2,1-2H3,(H,12,17)(H,13,14). The second-order valence-corrected chi connectivity index (χ2v) is 3.56. The molecule has 0 unspecified atom stereocenters. The van der Waals surface area contributed by atoms with Gasteiger partial charge in [-0.2, -0.15) is 5.10 Å². The first kappa shape index (κ1) is 13.2. The number of carbonyl (C=O) groups is 2. The Balaban J connectivity index is 2.28. The summed E-state index contributed by atoms with van der Waals surface area (Å²) >= 11 is 0. The largest absolute Gasteiger partial charge is 0.351 e. The van der Waals surface area contributed by atoms with Crippen LogP contribution >= 0.6 is 0 Å². The fourth-order valence-corrected chi connectivity index (χ4v) is 1.49. The maximum absolute atomic E-state index is 11.6. The summed E-state index contributed by atoms with van der Waals surface area (Å²) in [6, 6.07) is 0. The summed E-state index contributed by atoms with van der Waals surface area (Å²) in [5.74, 6) is -0.159. The van der Waals surface area contributed by atoms with E-state index in [4.69, 9.17) is 0 Å². The second kappa shape index (κ2) is 6.67. The van der Waals surface area contributed by atoms with E-state index in [9.17, 15) is 9.59 Å². The molecule has 94 valence electrons. The van der Waals surface area contributed by atoms with Crippen molar-refractivity contribution in [1.82, 2.24) is 20.4 Å². The van der Waals surface area contributed by atoms with E-state index in [1.807, 2.05) is 13.8 Å². The van der Waals surface area contributed by atoms with Gasteiger partial charge in [0, 0.05) is 32.3 Å². The average Bonchev–Trinajstić information content (AvgIpc) is 2.84. The molecule has 2 N–H and O–H groups in total. The molecule has 6 nitrogen and oxygen atoms in total. The average molecular weight is 238 g/mol. The van der Waals surface area contributed by atoms with Crippen molar-refractivity contribution in [3.63, 3.8) is 0 Å². The Morgan fingerprint density at radius 1 is 1.41 bits per heavy atom. The molecule has 6 heteroatoms. The molecule has 17 heavy (non-hydrogen) atoms. The molecule has 0 aliphatic rings. The summed E-state index contributed by atoms with van der Waals surface area (Å²) in [4.78, 5) is 24.9. The first-order valence-electron chi connectivity index (χ1n) is 5.73. The highest BCUT2D eigenvalue weighted by Gasteiger charge is 2.10. The molecular formula is C11H18N4O2. The topological polar surface area (TPSA) is 78.1 Å². The Morgan fingerprint density at radius 2 is 2.12 bits per heavy atom. The predicted octanol–water partition coefficient (Wildman–Crippen LogP) is 0.398. The first-order chi connectivity index (χ1) is 8.19. The van der Waals surface area contributed by atoms with Crippen molar-refractivity contribution in [2.75, 3.05) is 19.6 Å². The van der Waals surface area contributed by atoms with Gasteiger partial charge in [0.15, 0.2) is 0 Å². The van der Waals surface area contributed by atoms with Crippen LogP contribution in [0.25, 0.3) is 0 Å². The number of carbonyl (C=O) groups excluding carboxylic acids is 2. The van der Waals surface area contributed by atoms with Gasteiger partial charge in [-0.05, 0) is 13.8 Å². The Kier molecular flexibility index (Phi) is 5.19. The molecule has 0 aliphatic carbocycles. The van der Waals surface area contributed by atoms with Gasteiger partial charge in [0.1, 0.15) is 0 Å². The van der Waals surface area contributed by atoms with Gasteiger partial charge in [0.2, 0.25) is 5.91 Å².